The molecular formula is C10H9FN4O3S. The second kappa shape index (κ2) is 4.43. The fourth-order valence-electron chi connectivity index (χ4n) is 1.51. The molecule has 1 heterocycles. The van der Waals surface area contributed by atoms with E-state index in [1.54, 1.807) is 0 Å². The van der Waals surface area contributed by atoms with Gasteiger partial charge in [-0.25, -0.2) is 12.8 Å². The van der Waals surface area contributed by atoms with Crippen molar-refractivity contribution in [2.24, 2.45) is 5.73 Å². The van der Waals surface area contributed by atoms with Crippen LogP contribution >= 0.6 is 0 Å². The van der Waals surface area contributed by atoms with Crippen molar-refractivity contribution in [1.82, 2.24) is 15.4 Å². The highest BCUT2D eigenvalue weighted by atomic mass is 32.2. The number of primary amides is 1. The van der Waals surface area contributed by atoms with Crippen molar-refractivity contribution in [1.29, 1.82) is 0 Å². The Labute approximate surface area is 107 Å². The van der Waals surface area contributed by atoms with E-state index in [9.17, 15) is 17.6 Å². The van der Waals surface area contributed by atoms with Gasteiger partial charge in [0.1, 0.15) is 11.5 Å². The number of halogens is 1. The van der Waals surface area contributed by atoms with Gasteiger partial charge in [-0.05, 0) is 18.2 Å². The van der Waals surface area contributed by atoms with E-state index in [2.05, 4.69) is 15.4 Å². The van der Waals surface area contributed by atoms with E-state index in [1.165, 1.54) is 12.1 Å². The summed E-state index contributed by atoms with van der Waals surface area (Å²) in [6, 6.07) is 3.27. The number of hydrogen-bond donors (Lipinski definition) is 2. The molecule has 2 rings (SSSR count). The van der Waals surface area contributed by atoms with Gasteiger partial charge in [0.15, 0.2) is 15.5 Å². The third kappa shape index (κ3) is 2.45. The van der Waals surface area contributed by atoms with Gasteiger partial charge < -0.3 is 5.73 Å². The zero-order valence-electron chi connectivity index (χ0n) is 9.71. The maximum Gasteiger partial charge on any atom is 0.271 e. The highest BCUT2D eigenvalue weighted by molar-refractivity contribution is 7.90. The number of nitrogens with two attached hydrogens (primary N) is 1. The standard InChI is InChI=1S/C10H9FN4O3S/c1-19(17,18)5-2-3-6(7(11)4-5)8-9(10(12)16)14-15-13-8/h2-4H,1H3,(H2,12,16)(H,13,14,15). The fourth-order valence-corrected chi connectivity index (χ4v) is 2.14. The summed E-state index contributed by atoms with van der Waals surface area (Å²) in [5, 5.41) is 9.31. The number of hydrogen-bond acceptors (Lipinski definition) is 5. The number of aromatic amines is 1. The molecule has 9 heteroatoms. The summed E-state index contributed by atoms with van der Waals surface area (Å²) >= 11 is 0. The molecule has 0 bridgehead atoms. The Bertz CT molecular complexity index is 754. The molecule has 0 aliphatic rings. The predicted octanol–water partition coefficient (Wildman–Crippen LogP) is 0.113. The van der Waals surface area contributed by atoms with E-state index in [1.807, 2.05) is 0 Å². The van der Waals surface area contributed by atoms with Crippen LogP contribution in [0.25, 0.3) is 11.3 Å². The van der Waals surface area contributed by atoms with Crippen LogP contribution < -0.4 is 5.73 Å². The number of sulfone groups is 1. The smallest absolute Gasteiger partial charge is 0.271 e. The van der Waals surface area contributed by atoms with Gasteiger partial charge in [-0.3, -0.25) is 4.79 Å². The molecule has 1 amide bonds. The van der Waals surface area contributed by atoms with E-state index in [0.717, 1.165) is 12.3 Å². The Balaban J connectivity index is 2.59. The summed E-state index contributed by atoms with van der Waals surface area (Å²) < 4.78 is 36.5. The molecule has 0 aliphatic heterocycles. The Morgan fingerprint density at radius 2 is 2.05 bits per heavy atom. The number of carbonyl (C=O) groups excluding carboxylic acids is 1. The number of rotatable bonds is 3. The Morgan fingerprint density at radius 3 is 2.58 bits per heavy atom. The minimum absolute atomic E-state index is 0.0602. The second-order valence-electron chi connectivity index (χ2n) is 3.80. The Morgan fingerprint density at radius 1 is 1.37 bits per heavy atom. The molecule has 3 N–H and O–H groups in total. The van der Waals surface area contributed by atoms with E-state index in [4.69, 9.17) is 5.73 Å². The van der Waals surface area contributed by atoms with Gasteiger partial charge in [-0.1, -0.05) is 0 Å². The van der Waals surface area contributed by atoms with Gasteiger partial charge in [0.05, 0.1) is 4.90 Å². The first-order valence-corrected chi connectivity index (χ1v) is 6.90. The second-order valence-corrected chi connectivity index (χ2v) is 5.81. The zero-order chi connectivity index (χ0) is 14.2. The molecule has 0 fully saturated rings. The fraction of sp³-hybridized carbons (Fsp3) is 0.100. The molecular weight excluding hydrogens is 275 g/mol. The van der Waals surface area contributed by atoms with Crippen molar-refractivity contribution in [3.63, 3.8) is 0 Å². The van der Waals surface area contributed by atoms with E-state index >= 15 is 0 Å². The molecule has 0 saturated heterocycles. The molecule has 19 heavy (non-hydrogen) atoms. The topological polar surface area (TPSA) is 119 Å². The first-order chi connectivity index (χ1) is 8.80. The molecule has 1 aromatic heterocycles. The van der Waals surface area contributed by atoms with Crippen LogP contribution in [-0.4, -0.2) is 36.0 Å². The molecule has 0 atom stereocenters. The molecule has 1 aromatic carbocycles. The highest BCUT2D eigenvalue weighted by Gasteiger charge is 2.19. The van der Waals surface area contributed by atoms with Crippen LogP contribution in [-0.2, 0) is 9.84 Å². The van der Waals surface area contributed by atoms with Crippen LogP contribution in [0.5, 0.6) is 0 Å². The van der Waals surface area contributed by atoms with Crippen LogP contribution in [0.15, 0.2) is 23.1 Å². The molecule has 0 saturated carbocycles. The average molecular weight is 284 g/mol. The van der Waals surface area contributed by atoms with Crippen LogP contribution in [0, 0.1) is 5.82 Å². The monoisotopic (exact) mass is 284 g/mol. The summed E-state index contributed by atoms with van der Waals surface area (Å²) in [7, 11) is -3.51. The maximum atomic E-state index is 13.9. The van der Waals surface area contributed by atoms with Crippen LogP contribution in [0.3, 0.4) is 0 Å². The summed E-state index contributed by atoms with van der Waals surface area (Å²) in [6.07, 6.45) is 0.965. The van der Waals surface area contributed by atoms with Crippen molar-refractivity contribution in [2.45, 2.75) is 4.90 Å². The molecule has 0 aliphatic carbocycles. The van der Waals surface area contributed by atoms with Crippen LogP contribution in [0.4, 0.5) is 4.39 Å². The maximum absolute atomic E-state index is 13.9. The number of aromatic nitrogens is 3. The van der Waals surface area contributed by atoms with Crippen molar-refractivity contribution in [3.05, 3.63) is 29.7 Å². The lowest BCUT2D eigenvalue weighted by Gasteiger charge is -2.03. The van der Waals surface area contributed by atoms with E-state index in [0.29, 0.717) is 0 Å². The van der Waals surface area contributed by atoms with E-state index < -0.39 is 21.6 Å². The van der Waals surface area contributed by atoms with Crippen molar-refractivity contribution < 1.29 is 17.6 Å². The highest BCUT2D eigenvalue weighted by Crippen LogP contribution is 2.25. The van der Waals surface area contributed by atoms with Gasteiger partial charge in [-0.2, -0.15) is 15.4 Å². The third-order valence-corrected chi connectivity index (χ3v) is 3.52. The van der Waals surface area contributed by atoms with Crippen LogP contribution in [0.1, 0.15) is 10.5 Å². The number of amides is 1. The quantitative estimate of drug-likeness (QED) is 0.829. The third-order valence-electron chi connectivity index (χ3n) is 2.41. The first-order valence-electron chi connectivity index (χ1n) is 5.01. The number of carbonyl (C=O) groups is 1. The number of H-pyrrole nitrogens is 1. The normalized spacial score (nSPS) is 11.5. The number of nitrogens with zero attached hydrogens (tertiary/aromatic N) is 2. The van der Waals surface area contributed by atoms with E-state index in [-0.39, 0.29) is 21.8 Å². The summed E-state index contributed by atoms with van der Waals surface area (Å²) in [5.74, 6) is -1.70. The summed E-state index contributed by atoms with van der Waals surface area (Å²) in [6.45, 7) is 0. The lowest BCUT2D eigenvalue weighted by molar-refractivity contribution is 0.0996. The largest absolute Gasteiger partial charge is 0.364 e. The van der Waals surface area contributed by atoms with Gasteiger partial charge in [-0.15, -0.1) is 0 Å². The Kier molecular flexibility index (Phi) is 3.06. The summed E-state index contributed by atoms with van der Waals surface area (Å²) in [4.78, 5) is 10.9. The zero-order valence-corrected chi connectivity index (χ0v) is 10.5. The molecule has 0 radical (unpaired) electrons. The first kappa shape index (κ1) is 13.1. The molecule has 0 spiro atoms. The number of nitrogens with one attached hydrogen (secondary N) is 1. The summed E-state index contributed by atoms with van der Waals surface area (Å²) in [5.41, 5.74) is 4.72. The lowest BCUT2D eigenvalue weighted by atomic mass is 10.1. The molecule has 100 valence electrons. The molecule has 0 unspecified atom stereocenters. The minimum Gasteiger partial charge on any atom is -0.364 e. The predicted molar refractivity (Wildman–Crippen MR) is 63.4 cm³/mol. The van der Waals surface area contributed by atoms with Crippen LogP contribution in [0.2, 0.25) is 0 Å². The van der Waals surface area contributed by atoms with Gasteiger partial charge in [0.25, 0.3) is 5.91 Å². The number of benzene rings is 1. The van der Waals surface area contributed by atoms with Crippen molar-refractivity contribution >= 4 is 15.7 Å². The van der Waals surface area contributed by atoms with Gasteiger partial charge in [0.2, 0.25) is 0 Å². The van der Waals surface area contributed by atoms with Crippen molar-refractivity contribution in [2.75, 3.05) is 6.26 Å². The molecule has 7 nitrogen and oxygen atoms in total. The minimum atomic E-state index is -3.51. The van der Waals surface area contributed by atoms with Gasteiger partial charge in [0, 0.05) is 11.8 Å². The molecule has 2 aromatic rings. The average Bonchev–Trinajstić information content (AvgIpc) is 2.76. The SMILES string of the molecule is CS(=O)(=O)c1ccc(-c2n[nH]nc2C(N)=O)c(F)c1. The van der Waals surface area contributed by atoms with Gasteiger partial charge >= 0.3 is 0 Å². The van der Waals surface area contributed by atoms with Crippen molar-refractivity contribution in [3.8, 4) is 11.3 Å². The lowest BCUT2D eigenvalue weighted by Crippen LogP contribution is -2.13. The Hall–Kier alpha value is -2.29.